The lowest BCUT2D eigenvalue weighted by Gasteiger charge is -2.32. The summed E-state index contributed by atoms with van der Waals surface area (Å²) >= 11 is 0. The monoisotopic (exact) mass is 279 g/mol. The average molecular weight is 279 g/mol. The number of hydrogen-bond acceptors (Lipinski definition) is 3. The van der Waals surface area contributed by atoms with Gasteiger partial charge in [0.15, 0.2) is 0 Å². The number of carboxylic acids is 1. The van der Waals surface area contributed by atoms with Crippen molar-refractivity contribution in [2.75, 3.05) is 13.1 Å². The van der Waals surface area contributed by atoms with E-state index in [0.29, 0.717) is 31.8 Å². The van der Waals surface area contributed by atoms with Gasteiger partial charge >= 0.3 is 5.97 Å². The number of carbonyl (C=O) groups excluding carboxylic acids is 1. The van der Waals surface area contributed by atoms with Gasteiger partial charge in [0, 0.05) is 44.9 Å². The second-order valence-electron chi connectivity index (χ2n) is 5.30. The number of piperidine rings is 1. The Morgan fingerprint density at radius 1 is 1.35 bits per heavy atom. The fraction of sp³-hybridized carbons (Fsp3) is 0.643. The zero-order valence-corrected chi connectivity index (χ0v) is 11.6. The highest BCUT2D eigenvalue weighted by Gasteiger charge is 2.23. The molecule has 0 saturated carbocycles. The number of aromatic nitrogens is 2. The van der Waals surface area contributed by atoms with Crippen molar-refractivity contribution in [3.05, 3.63) is 18.5 Å². The molecule has 6 heteroatoms. The van der Waals surface area contributed by atoms with E-state index in [1.165, 1.54) is 0 Å². The van der Waals surface area contributed by atoms with Gasteiger partial charge in [0.2, 0.25) is 5.91 Å². The normalized spacial score (nSPS) is 19.0. The van der Waals surface area contributed by atoms with E-state index in [-0.39, 0.29) is 12.3 Å². The van der Waals surface area contributed by atoms with Gasteiger partial charge in [-0.3, -0.25) is 14.3 Å². The number of rotatable bonds is 6. The molecule has 1 aliphatic rings. The minimum absolute atomic E-state index is 0.139. The molecule has 1 N–H and O–H groups in total. The lowest BCUT2D eigenvalue weighted by Crippen LogP contribution is -2.40. The van der Waals surface area contributed by atoms with E-state index in [0.717, 1.165) is 19.4 Å². The Labute approximate surface area is 118 Å². The molecular weight excluding hydrogens is 258 g/mol. The molecule has 1 atom stereocenters. The highest BCUT2D eigenvalue weighted by atomic mass is 16.4. The smallest absolute Gasteiger partial charge is 0.303 e. The van der Waals surface area contributed by atoms with Gasteiger partial charge < -0.3 is 10.0 Å². The van der Waals surface area contributed by atoms with Gasteiger partial charge in [0.05, 0.1) is 0 Å². The van der Waals surface area contributed by atoms with Crippen LogP contribution in [0.4, 0.5) is 0 Å². The Morgan fingerprint density at radius 3 is 2.90 bits per heavy atom. The van der Waals surface area contributed by atoms with Crippen molar-refractivity contribution < 1.29 is 14.7 Å². The average Bonchev–Trinajstić information content (AvgIpc) is 2.96. The second-order valence-corrected chi connectivity index (χ2v) is 5.30. The number of likely N-dealkylation sites (tertiary alicyclic amines) is 1. The van der Waals surface area contributed by atoms with Crippen molar-refractivity contribution in [1.82, 2.24) is 14.7 Å². The van der Waals surface area contributed by atoms with Crippen molar-refractivity contribution >= 4 is 11.9 Å². The molecule has 1 saturated heterocycles. The third-order valence-corrected chi connectivity index (χ3v) is 3.75. The summed E-state index contributed by atoms with van der Waals surface area (Å²) in [4.78, 5) is 24.6. The molecule has 0 spiro atoms. The van der Waals surface area contributed by atoms with E-state index in [9.17, 15) is 9.59 Å². The highest BCUT2D eigenvalue weighted by Crippen LogP contribution is 2.21. The number of aliphatic carboxylic acids is 1. The van der Waals surface area contributed by atoms with Crippen LogP contribution in [-0.4, -0.2) is 44.8 Å². The molecule has 0 bridgehead atoms. The molecule has 110 valence electrons. The first-order valence-electron chi connectivity index (χ1n) is 7.12. The number of nitrogens with zero attached hydrogens (tertiary/aromatic N) is 3. The standard InChI is InChI=1S/C14H21N3O3/c18-13(6-10-17-9-2-7-15-17)16-8-1-3-12(11-16)4-5-14(19)20/h2,7,9,12H,1,3-6,8,10-11H2,(H,19,20). The van der Waals surface area contributed by atoms with E-state index < -0.39 is 5.97 Å². The van der Waals surface area contributed by atoms with Crippen LogP contribution in [0.2, 0.25) is 0 Å². The first-order valence-corrected chi connectivity index (χ1v) is 7.12. The summed E-state index contributed by atoms with van der Waals surface area (Å²) in [6.07, 6.45) is 6.85. The summed E-state index contributed by atoms with van der Waals surface area (Å²) in [5.41, 5.74) is 0. The number of amides is 1. The van der Waals surface area contributed by atoms with Crippen LogP contribution in [0.3, 0.4) is 0 Å². The highest BCUT2D eigenvalue weighted by molar-refractivity contribution is 5.76. The lowest BCUT2D eigenvalue weighted by molar-refractivity contribution is -0.137. The molecule has 1 fully saturated rings. The second kappa shape index (κ2) is 7.07. The zero-order chi connectivity index (χ0) is 14.4. The van der Waals surface area contributed by atoms with Crippen LogP contribution in [-0.2, 0) is 16.1 Å². The van der Waals surface area contributed by atoms with Crippen LogP contribution in [0.25, 0.3) is 0 Å². The van der Waals surface area contributed by atoms with Gasteiger partial charge in [0.1, 0.15) is 0 Å². The topological polar surface area (TPSA) is 75.4 Å². The Morgan fingerprint density at radius 2 is 2.20 bits per heavy atom. The van der Waals surface area contributed by atoms with E-state index >= 15 is 0 Å². The van der Waals surface area contributed by atoms with Crippen LogP contribution in [0, 0.1) is 5.92 Å². The number of hydrogen-bond donors (Lipinski definition) is 1. The largest absolute Gasteiger partial charge is 0.481 e. The molecular formula is C14H21N3O3. The summed E-state index contributed by atoms with van der Waals surface area (Å²) in [6, 6.07) is 1.84. The fourth-order valence-corrected chi connectivity index (χ4v) is 2.66. The summed E-state index contributed by atoms with van der Waals surface area (Å²) in [6.45, 7) is 2.09. The Bertz CT molecular complexity index is 445. The first kappa shape index (κ1) is 14.6. The molecule has 6 nitrogen and oxygen atoms in total. The molecule has 0 aromatic carbocycles. The summed E-state index contributed by atoms with van der Waals surface area (Å²) in [7, 11) is 0. The lowest BCUT2D eigenvalue weighted by atomic mass is 9.93. The van der Waals surface area contributed by atoms with Crippen LogP contribution in [0.5, 0.6) is 0 Å². The van der Waals surface area contributed by atoms with Gasteiger partial charge in [-0.25, -0.2) is 0 Å². The van der Waals surface area contributed by atoms with Crippen LogP contribution in [0.1, 0.15) is 32.1 Å². The maximum Gasteiger partial charge on any atom is 0.303 e. The Hall–Kier alpha value is -1.85. The maximum atomic E-state index is 12.1. The van der Waals surface area contributed by atoms with Crippen molar-refractivity contribution in [1.29, 1.82) is 0 Å². The van der Waals surface area contributed by atoms with Crippen LogP contribution < -0.4 is 0 Å². The summed E-state index contributed by atoms with van der Waals surface area (Å²) in [5, 5.41) is 12.8. The summed E-state index contributed by atoms with van der Waals surface area (Å²) in [5.74, 6) is -0.291. The van der Waals surface area contributed by atoms with Crippen LogP contribution in [0.15, 0.2) is 18.5 Å². The molecule has 1 aromatic rings. The number of aryl methyl sites for hydroxylation is 1. The number of carboxylic acid groups (broad SMARTS) is 1. The minimum Gasteiger partial charge on any atom is -0.481 e. The van der Waals surface area contributed by atoms with Crippen molar-refractivity contribution in [2.45, 2.75) is 38.6 Å². The molecule has 2 heterocycles. The van der Waals surface area contributed by atoms with Crippen molar-refractivity contribution in [2.24, 2.45) is 5.92 Å². The predicted molar refractivity (Wildman–Crippen MR) is 73.0 cm³/mol. The van der Waals surface area contributed by atoms with E-state index in [1.807, 2.05) is 17.2 Å². The van der Waals surface area contributed by atoms with E-state index in [2.05, 4.69) is 5.10 Å². The molecule has 1 amide bonds. The molecule has 2 rings (SSSR count). The van der Waals surface area contributed by atoms with Gasteiger partial charge in [-0.2, -0.15) is 5.10 Å². The SMILES string of the molecule is O=C(O)CCC1CCCN(C(=O)CCn2cccn2)C1. The van der Waals surface area contributed by atoms with Crippen molar-refractivity contribution in [3.8, 4) is 0 Å². The summed E-state index contributed by atoms with van der Waals surface area (Å²) < 4.78 is 1.75. The van der Waals surface area contributed by atoms with Gasteiger partial charge in [-0.05, 0) is 31.2 Å². The molecule has 0 aliphatic carbocycles. The van der Waals surface area contributed by atoms with Gasteiger partial charge in [0.25, 0.3) is 0 Å². The third-order valence-electron chi connectivity index (χ3n) is 3.75. The fourth-order valence-electron chi connectivity index (χ4n) is 2.66. The number of carbonyl (C=O) groups is 2. The maximum absolute atomic E-state index is 12.1. The molecule has 1 aliphatic heterocycles. The quantitative estimate of drug-likeness (QED) is 0.853. The van der Waals surface area contributed by atoms with Crippen LogP contribution >= 0.6 is 0 Å². The molecule has 1 unspecified atom stereocenters. The van der Waals surface area contributed by atoms with Crippen molar-refractivity contribution in [3.63, 3.8) is 0 Å². The Balaban J connectivity index is 1.76. The first-order chi connectivity index (χ1) is 9.65. The minimum atomic E-state index is -0.757. The third kappa shape index (κ3) is 4.36. The molecule has 1 aromatic heterocycles. The zero-order valence-electron chi connectivity index (χ0n) is 11.6. The van der Waals surface area contributed by atoms with E-state index in [1.54, 1.807) is 10.9 Å². The van der Waals surface area contributed by atoms with Gasteiger partial charge in [-0.15, -0.1) is 0 Å². The molecule has 0 radical (unpaired) electrons. The predicted octanol–water partition coefficient (Wildman–Crippen LogP) is 1.38. The van der Waals surface area contributed by atoms with Gasteiger partial charge in [-0.1, -0.05) is 0 Å². The Kier molecular flexibility index (Phi) is 5.15. The molecule has 20 heavy (non-hydrogen) atoms. The van der Waals surface area contributed by atoms with E-state index in [4.69, 9.17) is 5.11 Å².